The minimum atomic E-state index is 0.0392. The summed E-state index contributed by atoms with van der Waals surface area (Å²) >= 11 is 0. The van der Waals surface area contributed by atoms with Gasteiger partial charge in [0, 0.05) is 24.9 Å². The quantitative estimate of drug-likeness (QED) is 0.877. The number of nitrogens with zero attached hydrogens (tertiary/aromatic N) is 3. The molecule has 110 valence electrons. The summed E-state index contributed by atoms with van der Waals surface area (Å²) in [5, 5.41) is 10.4. The molecular weight excluding hydrogens is 266 g/mol. The van der Waals surface area contributed by atoms with Crippen molar-refractivity contribution in [2.45, 2.75) is 31.7 Å². The Kier molecular flexibility index (Phi) is 4.25. The molecule has 2 N–H and O–H groups in total. The van der Waals surface area contributed by atoms with Gasteiger partial charge in [0.15, 0.2) is 5.82 Å². The molecule has 1 amide bonds. The summed E-state index contributed by atoms with van der Waals surface area (Å²) in [5.74, 6) is 0.769. The van der Waals surface area contributed by atoms with Gasteiger partial charge in [0.2, 0.25) is 5.91 Å². The van der Waals surface area contributed by atoms with E-state index in [9.17, 15) is 4.79 Å². The van der Waals surface area contributed by atoms with Gasteiger partial charge >= 0.3 is 0 Å². The van der Waals surface area contributed by atoms with Crippen LogP contribution in [0.25, 0.3) is 5.82 Å². The zero-order chi connectivity index (χ0) is 14.5. The van der Waals surface area contributed by atoms with Crippen molar-refractivity contribution in [1.29, 1.82) is 0 Å². The Morgan fingerprint density at radius 2 is 2.43 bits per heavy atom. The minimum absolute atomic E-state index is 0.0392. The van der Waals surface area contributed by atoms with Crippen LogP contribution >= 0.6 is 0 Å². The number of anilines is 1. The second kappa shape index (κ2) is 6.49. The van der Waals surface area contributed by atoms with Gasteiger partial charge in [-0.15, -0.1) is 0 Å². The van der Waals surface area contributed by atoms with E-state index in [-0.39, 0.29) is 5.91 Å². The maximum atomic E-state index is 11.9. The number of nitrogens with one attached hydrogen (secondary N) is 2. The maximum Gasteiger partial charge on any atom is 0.224 e. The smallest absolute Gasteiger partial charge is 0.224 e. The third-order valence-electron chi connectivity index (χ3n) is 3.65. The number of aromatic nitrogens is 3. The van der Waals surface area contributed by atoms with Gasteiger partial charge < -0.3 is 10.6 Å². The van der Waals surface area contributed by atoms with Crippen molar-refractivity contribution in [3.8, 4) is 5.82 Å². The van der Waals surface area contributed by atoms with Crippen molar-refractivity contribution in [2.75, 3.05) is 11.9 Å². The number of carbonyl (C=O) groups excluding carboxylic acids is 1. The zero-order valence-electron chi connectivity index (χ0n) is 11.8. The fraction of sp³-hybridized carbons (Fsp3) is 0.400. The van der Waals surface area contributed by atoms with Gasteiger partial charge in [0.1, 0.15) is 0 Å². The molecule has 6 nitrogen and oxygen atoms in total. The van der Waals surface area contributed by atoms with Crippen LogP contribution in [0.15, 0.2) is 36.8 Å². The lowest BCUT2D eigenvalue weighted by molar-refractivity contribution is -0.116. The fourth-order valence-corrected chi connectivity index (χ4v) is 2.53. The highest BCUT2D eigenvalue weighted by molar-refractivity contribution is 5.90. The maximum absolute atomic E-state index is 11.9. The molecule has 3 heterocycles. The number of carbonyl (C=O) groups is 1. The van der Waals surface area contributed by atoms with E-state index in [1.165, 1.54) is 12.8 Å². The Hall–Kier alpha value is -2.21. The van der Waals surface area contributed by atoms with Gasteiger partial charge in [-0.25, -0.2) is 9.67 Å². The third kappa shape index (κ3) is 3.66. The van der Waals surface area contributed by atoms with Crippen LogP contribution in [0.1, 0.15) is 25.7 Å². The van der Waals surface area contributed by atoms with Gasteiger partial charge in [-0.05, 0) is 44.0 Å². The van der Waals surface area contributed by atoms with Crippen molar-refractivity contribution in [3.05, 3.63) is 36.8 Å². The second-order valence-corrected chi connectivity index (χ2v) is 5.24. The Morgan fingerprint density at radius 3 is 3.10 bits per heavy atom. The summed E-state index contributed by atoms with van der Waals surface area (Å²) in [6.45, 7) is 1.07. The highest BCUT2D eigenvalue weighted by Crippen LogP contribution is 2.13. The number of rotatable bonds is 5. The Labute approximate surface area is 123 Å². The van der Waals surface area contributed by atoms with E-state index >= 15 is 0 Å². The molecular formula is C15H19N5O. The van der Waals surface area contributed by atoms with Crippen LogP contribution in [-0.4, -0.2) is 33.3 Å². The monoisotopic (exact) mass is 285 g/mol. The van der Waals surface area contributed by atoms with Gasteiger partial charge in [-0.3, -0.25) is 4.79 Å². The average molecular weight is 285 g/mol. The molecule has 2 aromatic heterocycles. The predicted octanol–water partition coefficient (Wildman–Crippen LogP) is 1.74. The van der Waals surface area contributed by atoms with Crippen LogP contribution in [0, 0.1) is 0 Å². The number of amides is 1. The number of hydrogen-bond donors (Lipinski definition) is 2. The van der Waals surface area contributed by atoms with E-state index in [0.29, 0.717) is 12.5 Å². The van der Waals surface area contributed by atoms with Crippen LogP contribution in [-0.2, 0) is 4.79 Å². The third-order valence-corrected chi connectivity index (χ3v) is 3.65. The largest absolute Gasteiger partial charge is 0.325 e. The highest BCUT2D eigenvalue weighted by Gasteiger charge is 2.15. The van der Waals surface area contributed by atoms with Gasteiger partial charge in [-0.1, -0.05) is 0 Å². The van der Waals surface area contributed by atoms with E-state index in [1.807, 2.05) is 24.4 Å². The normalized spacial score (nSPS) is 17.8. The van der Waals surface area contributed by atoms with Gasteiger partial charge in [-0.2, -0.15) is 5.10 Å². The van der Waals surface area contributed by atoms with Crippen LogP contribution in [0.3, 0.4) is 0 Å². The van der Waals surface area contributed by atoms with E-state index in [4.69, 9.17) is 0 Å². The molecule has 0 bridgehead atoms. The minimum Gasteiger partial charge on any atom is -0.325 e. The van der Waals surface area contributed by atoms with Crippen molar-refractivity contribution >= 4 is 11.6 Å². The van der Waals surface area contributed by atoms with Crippen molar-refractivity contribution in [2.24, 2.45) is 0 Å². The van der Waals surface area contributed by atoms with Crippen molar-refractivity contribution < 1.29 is 4.79 Å². The van der Waals surface area contributed by atoms with Crippen LogP contribution in [0.4, 0.5) is 5.69 Å². The Bertz CT molecular complexity index is 573. The molecule has 0 radical (unpaired) electrons. The molecule has 0 aliphatic carbocycles. The second-order valence-electron chi connectivity index (χ2n) is 5.24. The molecule has 0 spiro atoms. The molecule has 3 rings (SSSR count). The summed E-state index contributed by atoms with van der Waals surface area (Å²) in [4.78, 5) is 16.2. The summed E-state index contributed by atoms with van der Waals surface area (Å²) in [6, 6.07) is 6.02. The summed E-state index contributed by atoms with van der Waals surface area (Å²) in [5.41, 5.74) is 0.718. The first kappa shape index (κ1) is 13.8. The van der Waals surface area contributed by atoms with E-state index in [0.717, 1.165) is 24.5 Å². The fourth-order valence-electron chi connectivity index (χ4n) is 2.53. The lowest BCUT2D eigenvalue weighted by atomic mass is 10.1. The topological polar surface area (TPSA) is 71.8 Å². The van der Waals surface area contributed by atoms with Crippen LogP contribution < -0.4 is 10.6 Å². The van der Waals surface area contributed by atoms with Crippen molar-refractivity contribution in [1.82, 2.24) is 20.1 Å². The van der Waals surface area contributed by atoms with E-state index < -0.39 is 0 Å². The number of pyridine rings is 1. The Morgan fingerprint density at radius 1 is 1.48 bits per heavy atom. The first-order valence-corrected chi connectivity index (χ1v) is 7.30. The van der Waals surface area contributed by atoms with Gasteiger partial charge in [0.05, 0.1) is 11.9 Å². The summed E-state index contributed by atoms with van der Waals surface area (Å²) < 4.78 is 1.68. The van der Waals surface area contributed by atoms with E-state index in [1.54, 1.807) is 17.1 Å². The molecule has 1 unspecified atom stereocenters. The highest BCUT2D eigenvalue weighted by atomic mass is 16.1. The molecule has 0 aromatic carbocycles. The first-order valence-electron chi connectivity index (χ1n) is 7.30. The van der Waals surface area contributed by atoms with E-state index in [2.05, 4.69) is 20.7 Å². The molecule has 0 saturated carbocycles. The molecule has 6 heteroatoms. The zero-order valence-corrected chi connectivity index (χ0v) is 11.8. The van der Waals surface area contributed by atoms with Gasteiger partial charge in [0.25, 0.3) is 0 Å². The molecule has 1 fully saturated rings. The van der Waals surface area contributed by atoms with Crippen LogP contribution in [0.5, 0.6) is 0 Å². The summed E-state index contributed by atoms with van der Waals surface area (Å²) in [6.07, 6.45) is 9.01. The predicted molar refractivity (Wildman–Crippen MR) is 80.2 cm³/mol. The molecule has 2 aromatic rings. The molecule has 1 aliphatic heterocycles. The molecule has 1 saturated heterocycles. The average Bonchev–Trinajstić information content (AvgIpc) is 3.19. The molecule has 1 aliphatic rings. The lowest BCUT2D eigenvalue weighted by Crippen LogP contribution is -2.23. The van der Waals surface area contributed by atoms with Crippen LogP contribution in [0.2, 0.25) is 0 Å². The first-order chi connectivity index (χ1) is 10.3. The number of hydrogen-bond acceptors (Lipinski definition) is 4. The molecule has 21 heavy (non-hydrogen) atoms. The van der Waals surface area contributed by atoms with Crippen molar-refractivity contribution in [3.63, 3.8) is 0 Å². The molecule has 1 atom stereocenters. The lowest BCUT2D eigenvalue weighted by Gasteiger charge is -2.10. The summed E-state index contributed by atoms with van der Waals surface area (Å²) in [7, 11) is 0. The Balaban J connectivity index is 1.51. The SMILES string of the molecule is O=C(CCC1CCCN1)Nc1ccc(-n2cccn2)nc1. The standard InChI is InChI=1S/C15H19N5O/c21-15(7-5-12-3-1-8-16-12)19-13-4-6-14(17-11-13)20-10-2-9-18-20/h2,4,6,9-12,16H,1,3,5,7-8H2,(H,19,21).